The summed E-state index contributed by atoms with van der Waals surface area (Å²) >= 11 is 0. The number of ether oxygens (including phenoxy) is 1. The second-order valence-corrected chi connectivity index (χ2v) is 5.99. The Labute approximate surface area is 99.1 Å². The topological polar surface area (TPSA) is 38.7 Å². The van der Waals surface area contributed by atoms with Gasteiger partial charge in [-0.15, -0.1) is 0 Å². The van der Waals surface area contributed by atoms with Crippen molar-refractivity contribution in [2.75, 3.05) is 0 Å². The molecule has 0 saturated heterocycles. The van der Waals surface area contributed by atoms with Gasteiger partial charge in [-0.2, -0.15) is 0 Å². The third-order valence-electron chi connectivity index (χ3n) is 3.42. The van der Waals surface area contributed by atoms with Gasteiger partial charge in [0, 0.05) is 6.42 Å². The van der Waals surface area contributed by atoms with E-state index < -0.39 is 5.60 Å². The summed E-state index contributed by atoms with van der Waals surface area (Å²) in [4.78, 5) is 4.45. The molecule has 0 spiro atoms. The standard InChI is InChI=1S/C13H26O3/c1-11(10-12(2,3)16-14)15-13(4)8-6-5-7-9-13/h11,14H,5-10H2,1-4H3. The third kappa shape index (κ3) is 4.40. The molecule has 1 fully saturated rings. The highest BCUT2D eigenvalue weighted by Crippen LogP contribution is 2.33. The van der Waals surface area contributed by atoms with Gasteiger partial charge < -0.3 is 4.74 Å². The van der Waals surface area contributed by atoms with E-state index in [-0.39, 0.29) is 11.7 Å². The van der Waals surface area contributed by atoms with E-state index in [0.29, 0.717) is 6.42 Å². The van der Waals surface area contributed by atoms with E-state index in [2.05, 4.69) is 18.7 Å². The largest absolute Gasteiger partial charge is 0.372 e. The van der Waals surface area contributed by atoms with Gasteiger partial charge in [0.1, 0.15) is 5.60 Å². The molecule has 0 amide bonds. The van der Waals surface area contributed by atoms with Gasteiger partial charge in [-0.3, -0.25) is 5.26 Å². The fraction of sp³-hybridized carbons (Fsp3) is 1.00. The molecule has 1 atom stereocenters. The van der Waals surface area contributed by atoms with Crippen LogP contribution in [0.15, 0.2) is 0 Å². The van der Waals surface area contributed by atoms with Crippen molar-refractivity contribution in [1.29, 1.82) is 0 Å². The molecule has 0 aromatic heterocycles. The van der Waals surface area contributed by atoms with Crippen molar-refractivity contribution in [2.45, 2.75) is 83.5 Å². The predicted octanol–water partition coefficient (Wildman–Crippen LogP) is 3.77. The molecule has 96 valence electrons. The van der Waals surface area contributed by atoms with E-state index >= 15 is 0 Å². The molecule has 1 aliphatic carbocycles. The molecule has 3 heteroatoms. The normalized spacial score (nSPS) is 23.1. The van der Waals surface area contributed by atoms with Crippen LogP contribution in [0.5, 0.6) is 0 Å². The second-order valence-electron chi connectivity index (χ2n) is 5.99. The van der Waals surface area contributed by atoms with Crippen LogP contribution >= 0.6 is 0 Å². The fourth-order valence-corrected chi connectivity index (χ4v) is 2.67. The molecule has 0 bridgehead atoms. The average Bonchev–Trinajstić information content (AvgIpc) is 2.17. The molecule has 3 nitrogen and oxygen atoms in total. The summed E-state index contributed by atoms with van der Waals surface area (Å²) in [5.74, 6) is 0. The summed E-state index contributed by atoms with van der Waals surface area (Å²) in [6.45, 7) is 8.00. The molecule has 1 rings (SSSR count). The molecular formula is C13H26O3. The zero-order chi connectivity index (χ0) is 12.2. The Bertz CT molecular complexity index is 207. The Hall–Kier alpha value is -0.120. The Morgan fingerprint density at radius 1 is 1.25 bits per heavy atom. The van der Waals surface area contributed by atoms with Crippen LogP contribution in [-0.2, 0) is 9.62 Å². The first kappa shape index (κ1) is 13.9. The maximum absolute atomic E-state index is 8.76. The first-order valence-corrected chi connectivity index (χ1v) is 6.37. The maximum atomic E-state index is 8.76. The zero-order valence-electron chi connectivity index (χ0n) is 11.1. The van der Waals surface area contributed by atoms with E-state index in [1.54, 1.807) is 0 Å². The highest BCUT2D eigenvalue weighted by atomic mass is 17.1. The lowest BCUT2D eigenvalue weighted by molar-refractivity contribution is -0.320. The lowest BCUT2D eigenvalue weighted by atomic mass is 9.86. The molecule has 1 N–H and O–H groups in total. The van der Waals surface area contributed by atoms with Gasteiger partial charge in [0.05, 0.1) is 11.7 Å². The first-order valence-electron chi connectivity index (χ1n) is 6.37. The smallest absolute Gasteiger partial charge is 0.100 e. The second kappa shape index (κ2) is 5.48. The molecule has 0 heterocycles. The van der Waals surface area contributed by atoms with Crippen molar-refractivity contribution in [3.8, 4) is 0 Å². The summed E-state index contributed by atoms with van der Waals surface area (Å²) < 4.78 is 6.13. The number of hydrogen-bond donors (Lipinski definition) is 1. The van der Waals surface area contributed by atoms with Crippen molar-refractivity contribution in [1.82, 2.24) is 0 Å². The molecule has 16 heavy (non-hydrogen) atoms. The molecule has 1 aliphatic rings. The van der Waals surface area contributed by atoms with E-state index in [1.165, 1.54) is 19.3 Å². The van der Waals surface area contributed by atoms with Gasteiger partial charge in [-0.1, -0.05) is 19.3 Å². The highest BCUT2D eigenvalue weighted by molar-refractivity contribution is 4.82. The van der Waals surface area contributed by atoms with Crippen LogP contribution < -0.4 is 0 Å². The first-order chi connectivity index (χ1) is 7.37. The van der Waals surface area contributed by atoms with Crippen LogP contribution in [0, 0.1) is 0 Å². The van der Waals surface area contributed by atoms with Crippen LogP contribution in [0.25, 0.3) is 0 Å². The van der Waals surface area contributed by atoms with Crippen LogP contribution in [0.4, 0.5) is 0 Å². The van der Waals surface area contributed by atoms with Crippen molar-refractivity contribution >= 4 is 0 Å². The third-order valence-corrected chi connectivity index (χ3v) is 3.42. The molecule has 1 saturated carbocycles. The van der Waals surface area contributed by atoms with Gasteiger partial charge in [0.25, 0.3) is 0 Å². The molecule has 1 unspecified atom stereocenters. The maximum Gasteiger partial charge on any atom is 0.100 e. The summed E-state index contributed by atoms with van der Waals surface area (Å²) in [7, 11) is 0. The summed E-state index contributed by atoms with van der Waals surface area (Å²) in [6.07, 6.45) is 6.99. The molecule has 0 aromatic rings. The van der Waals surface area contributed by atoms with Gasteiger partial charge in [-0.25, -0.2) is 4.89 Å². The van der Waals surface area contributed by atoms with Crippen LogP contribution in [0.2, 0.25) is 0 Å². The van der Waals surface area contributed by atoms with Gasteiger partial charge in [0.15, 0.2) is 0 Å². The number of hydrogen-bond acceptors (Lipinski definition) is 3. The SMILES string of the molecule is CC(CC(C)(C)OO)OC1(C)CCCCC1. The summed E-state index contributed by atoms with van der Waals surface area (Å²) in [6, 6.07) is 0. The Balaban J connectivity index is 2.40. The van der Waals surface area contributed by atoms with Gasteiger partial charge in [0.2, 0.25) is 0 Å². The minimum atomic E-state index is -0.523. The van der Waals surface area contributed by atoms with Crippen LogP contribution in [0.3, 0.4) is 0 Å². The van der Waals surface area contributed by atoms with Crippen molar-refractivity contribution in [3.05, 3.63) is 0 Å². The van der Waals surface area contributed by atoms with E-state index in [9.17, 15) is 0 Å². The Morgan fingerprint density at radius 2 is 1.81 bits per heavy atom. The minimum Gasteiger partial charge on any atom is -0.372 e. The predicted molar refractivity (Wildman–Crippen MR) is 64.4 cm³/mol. The zero-order valence-corrected chi connectivity index (χ0v) is 11.1. The lowest BCUT2D eigenvalue weighted by Crippen LogP contribution is -2.38. The lowest BCUT2D eigenvalue weighted by Gasteiger charge is -2.37. The highest BCUT2D eigenvalue weighted by Gasteiger charge is 2.31. The average molecular weight is 230 g/mol. The molecule has 0 aromatic carbocycles. The van der Waals surface area contributed by atoms with E-state index in [1.807, 2.05) is 13.8 Å². The summed E-state index contributed by atoms with van der Waals surface area (Å²) in [5.41, 5.74) is -0.492. The van der Waals surface area contributed by atoms with Crippen LogP contribution in [0.1, 0.15) is 66.2 Å². The van der Waals surface area contributed by atoms with Gasteiger partial charge >= 0.3 is 0 Å². The van der Waals surface area contributed by atoms with Crippen molar-refractivity contribution < 1.29 is 14.9 Å². The van der Waals surface area contributed by atoms with E-state index in [4.69, 9.17) is 9.99 Å². The minimum absolute atomic E-state index is 0.0310. The summed E-state index contributed by atoms with van der Waals surface area (Å²) in [5, 5.41) is 8.76. The Morgan fingerprint density at radius 3 is 2.31 bits per heavy atom. The van der Waals surface area contributed by atoms with Crippen molar-refractivity contribution in [3.63, 3.8) is 0 Å². The monoisotopic (exact) mass is 230 g/mol. The van der Waals surface area contributed by atoms with Crippen LogP contribution in [-0.4, -0.2) is 22.6 Å². The molecule has 0 aliphatic heterocycles. The molecule has 0 radical (unpaired) electrons. The fourth-order valence-electron chi connectivity index (χ4n) is 2.67. The molecular weight excluding hydrogens is 204 g/mol. The quantitative estimate of drug-likeness (QED) is 0.577. The van der Waals surface area contributed by atoms with Crippen molar-refractivity contribution in [2.24, 2.45) is 0 Å². The van der Waals surface area contributed by atoms with E-state index in [0.717, 1.165) is 12.8 Å². The Kier molecular flexibility index (Phi) is 4.77. The van der Waals surface area contributed by atoms with Gasteiger partial charge in [-0.05, 0) is 40.5 Å². The number of rotatable bonds is 5.